The van der Waals surface area contributed by atoms with Gasteiger partial charge in [-0.15, -0.1) is 12.4 Å². The third-order valence-corrected chi connectivity index (χ3v) is 4.21. The van der Waals surface area contributed by atoms with Crippen molar-refractivity contribution in [3.8, 4) is 11.1 Å². The van der Waals surface area contributed by atoms with Crippen LogP contribution in [0.1, 0.15) is 25.3 Å². The van der Waals surface area contributed by atoms with Crippen molar-refractivity contribution >= 4 is 35.6 Å². The number of nitrogens with zero attached hydrogens (tertiary/aromatic N) is 1. The van der Waals surface area contributed by atoms with E-state index in [2.05, 4.69) is 0 Å². The largest absolute Gasteiger partial charge is 0.398 e. The van der Waals surface area contributed by atoms with Crippen molar-refractivity contribution in [2.24, 2.45) is 5.73 Å². The van der Waals surface area contributed by atoms with E-state index in [1.165, 1.54) is 4.90 Å². The highest BCUT2D eigenvalue weighted by molar-refractivity contribution is 6.22. The molecule has 3 rings (SSSR count). The fourth-order valence-electron chi connectivity index (χ4n) is 3.02. The molecule has 5 nitrogen and oxygen atoms in total. The number of nitrogens with two attached hydrogens (primary N) is 2. The van der Waals surface area contributed by atoms with E-state index >= 15 is 0 Å². The molecule has 0 bridgehead atoms. The highest BCUT2D eigenvalue weighted by atomic mass is 35.5. The van der Waals surface area contributed by atoms with Gasteiger partial charge >= 0.3 is 0 Å². The monoisotopic (exact) mass is 345 g/mol. The molecule has 2 amide bonds. The summed E-state index contributed by atoms with van der Waals surface area (Å²) < 4.78 is 0. The predicted molar refractivity (Wildman–Crippen MR) is 98.1 cm³/mol. The summed E-state index contributed by atoms with van der Waals surface area (Å²) in [6.45, 7) is 3.37. The lowest BCUT2D eigenvalue weighted by Gasteiger charge is -2.25. The van der Waals surface area contributed by atoms with Gasteiger partial charge < -0.3 is 11.5 Å². The van der Waals surface area contributed by atoms with Gasteiger partial charge in [-0.2, -0.15) is 0 Å². The van der Waals surface area contributed by atoms with Gasteiger partial charge in [0.1, 0.15) is 0 Å². The third-order valence-electron chi connectivity index (χ3n) is 4.21. The second-order valence-electron chi connectivity index (χ2n) is 5.85. The van der Waals surface area contributed by atoms with Crippen LogP contribution >= 0.6 is 12.4 Å². The standard InChI is InChI=1S/C18H19N3O2.ClH/c1-10-12-6-3-4-7-13(12)16-14(20)8-5-9-15(16)21(17(10)22)18(23)11(2)19;/h3-11H,19-20H2,1-2H3;1H/t10-,11+;/m1./s1. The van der Waals surface area contributed by atoms with Gasteiger partial charge in [0.15, 0.2) is 0 Å². The van der Waals surface area contributed by atoms with Crippen LogP contribution in [0.15, 0.2) is 42.5 Å². The minimum Gasteiger partial charge on any atom is -0.398 e. The zero-order chi connectivity index (χ0) is 16.7. The van der Waals surface area contributed by atoms with E-state index in [9.17, 15) is 9.59 Å². The number of hydrogen-bond donors (Lipinski definition) is 2. The Bertz CT molecular complexity index is 805. The molecule has 1 heterocycles. The molecule has 0 spiro atoms. The normalized spacial score (nSPS) is 17.2. The molecule has 2 atom stereocenters. The predicted octanol–water partition coefficient (Wildman–Crippen LogP) is 2.68. The molecule has 2 aromatic rings. The van der Waals surface area contributed by atoms with E-state index in [1.807, 2.05) is 24.3 Å². The minimum absolute atomic E-state index is 0. The number of carbonyl (C=O) groups is 2. The fraction of sp³-hybridized carbons (Fsp3) is 0.222. The zero-order valence-electron chi connectivity index (χ0n) is 13.5. The van der Waals surface area contributed by atoms with Crippen LogP contribution in [-0.4, -0.2) is 17.9 Å². The van der Waals surface area contributed by atoms with E-state index in [1.54, 1.807) is 32.0 Å². The first-order valence-electron chi connectivity index (χ1n) is 7.54. The maximum atomic E-state index is 12.9. The molecule has 4 N–H and O–H groups in total. The Morgan fingerprint density at radius 1 is 1.17 bits per heavy atom. The average Bonchev–Trinajstić information content (AvgIpc) is 2.62. The summed E-state index contributed by atoms with van der Waals surface area (Å²) in [4.78, 5) is 26.7. The second kappa shape index (κ2) is 6.63. The summed E-state index contributed by atoms with van der Waals surface area (Å²) in [7, 11) is 0. The maximum absolute atomic E-state index is 12.9. The first-order chi connectivity index (χ1) is 10.9. The lowest BCUT2D eigenvalue weighted by atomic mass is 9.92. The molecule has 0 aliphatic carbocycles. The van der Waals surface area contributed by atoms with E-state index in [-0.39, 0.29) is 18.3 Å². The molecule has 0 saturated heterocycles. The van der Waals surface area contributed by atoms with Gasteiger partial charge in [-0.3, -0.25) is 9.59 Å². The number of fused-ring (bicyclic) bond motifs is 3. The smallest absolute Gasteiger partial charge is 0.250 e. The van der Waals surface area contributed by atoms with Crippen molar-refractivity contribution in [3.05, 3.63) is 48.0 Å². The summed E-state index contributed by atoms with van der Waals surface area (Å²) in [6.07, 6.45) is 0. The quantitative estimate of drug-likeness (QED) is 0.777. The molecule has 2 aromatic carbocycles. The molecular formula is C18H20ClN3O2. The number of benzene rings is 2. The number of halogens is 1. The Balaban J connectivity index is 0.00000208. The summed E-state index contributed by atoms with van der Waals surface area (Å²) in [5, 5.41) is 0. The van der Waals surface area contributed by atoms with E-state index in [4.69, 9.17) is 11.5 Å². The van der Waals surface area contributed by atoms with Crippen molar-refractivity contribution in [2.75, 3.05) is 10.6 Å². The lowest BCUT2D eigenvalue weighted by molar-refractivity contribution is -0.127. The molecule has 24 heavy (non-hydrogen) atoms. The van der Waals surface area contributed by atoms with Crippen molar-refractivity contribution in [1.29, 1.82) is 0 Å². The van der Waals surface area contributed by atoms with Gasteiger partial charge in [0.25, 0.3) is 0 Å². The highest BCUT2D eigenvalue weighted by Gasteiger charge is 2.36. The molecular weight excluding hydrogens is 326 g/mol. The second-order valence-corrected chi connectivity index (χ2v) is 5.85. The number of amides is 2. The summed E-state index contributed by atoms with van der Waals surface area (Å²) in [5.41, 5.74) is 15.4. The highest BCUT2D eigenvalue weighted by Crippen LogP contribution is 2.43. The van der Waals surface area contributed by atoms with Gasteiger partial charge in [-0.1, -0.05) is 30.3 Å². The lowest BCUT2D eigenvalue weighted by Crippen LogP contribution is -2.46. The maximum Gasteiger partial charge on any atom is 0.250 e. The molecule has 1 aliphatic heterocycles. The van der Waals surface area contributed by atoms with Crippen LogP contribution in [0.3, 0.4) is 0 Å². The Morgan fingerprint density at radius 3 is 2.50 bits per heavy atom. The van der Waals surface area contributed by atoms with Crippen LogP contribution in [0.5, 0.6) is 0 Å². The molecule has 126 valence electrons. The number of anilines is 2. The third kappa shape index (κ3) is 2.66. The minimum atomic E-state index is -0.776. The van der Waals surface area contributed by atoms with E-state index in [0.29, 0.717) is 16.9 Å². The first kappa shape index (κ1) is 18.0. The van der Waals surface area contributed by atoms with Crippen LogP contribution < -0.4 is 16.4 Å². The van der Waals surface area contributed by atoms with Gasteiger partial charge in [0.2, 0.25) is 11.8 Å². The first-order valence-corrected chi connectivity index (χ1v) is 7.54. The summed E-state index contributed by atoms with van der Waals surface area (Å²) in [5.74, 6) is -1.17. The number of rotatable bonds is 1. The number of hydrogen-bond acceptors (Lipinski definition) is 4. The molecule has 0 aromatic heterocycles. The van der Waals surface area contributed by atoms with Crippen LogP contribution in [0.2, 0.25) is 0 Å². The molecule has 0 unspecified atom stereocenters. The Kier molecular flexibility index (Phi) is 4.96. The number of nitrogen functional groups attached to an aromatic ring is 1. The van der Waals surface area contributed by atoms with Gasteiger partial charge in [-0.05, 0) is 37.1 Å². The van der Waals surface area contributed by atoms with Crippen molar-refractivity contribution in [1.82, 2.24) is 0 Å². The Hall–Kier alpha value is -2.37. The molecule has 6 heteroatoms. The number of imide groups is 1. The molecule has 1 aliphatic rings. The summed E-state index contributed by atoms with van der Waals surface area (Å²) >= 11 is 0. The Morgan fingerprint density at radius 2 is 1.83 bits per heavy atom. The van der Waals surface area contributed by atoms with Crippen molar-refractivity contribution < 1.29 is 9.59 Å². The van der Waals surface area contributed by atoms with Crippen molar-refractivity contribution in [2.45, 2.75) is 25.8 Å². The van der Waals surface area contributed by atoms with Gasteiger partial charge in [-0.25, -0.2) is 4.90 Å². The van der Waals surface area contributed by atoms with Crippen LogP contribution in [0.4, 0.5) is 11.4 Å². The zero-order valence-corrected chi connectivity index (χ0v) is 14.3. The van der Waals surface area contributed by atoms with E-state index in [0.717, 1.165) is 11.1 Å². The van der Waals surface area contributed by atoms with Crippen LogP contribution in [0.25, 0.3) is 11.1 Å². The molecule has 0 fully saturated rings. The molecule has 0 saturated carbocycles. The SMILES string of the molecule is C[C@H](N)C(=O)N1C(=O)[C@H](C)c2ccccc2-c2c(N)cccc21.Cl. The van der Waals surface area contributed by atoms with Crippen LogP contribution in [0, 0.1) is 0 Å². The van der Waals surface area contributed by atoms with Crippen molar-refractivity contribution in [3.63, 3.8) is 0 Å². The van der Waals surface area contributed by atoms with Crippen LogP contribution in [-0.2, 0) is 9.59 Å². The summed E-state index contributed by atoms with van der Waals surface area (Å²) in [6, 6.07) is 12.1. The van der Waals surface area contributed by atoms with Gasteiger partial charge in [0.05, 0.1) is 17.6 Å². The molecule has 0 radical (unpaired) electrons. The average molecular weight is 346 g/mol. The number of carbonyl (C=O) groups excluding carboxylic acids is 2. The topological polar surface area (TPSA) is 89.4 Å². The van der Waals surface area contributed by atoms with Gasteiger partial charge in [0, 0.05) is 11.3 Å². The Labute approximate surface area is 147 Å². The fourth-order valence-corrected chi connectivity index (χ4v) is 3.02. The van der Waals surface area contributed by atoms with E-state index < -0.39 is 17.9 Å².